The van der Waals surface area contributed by atoms with E-state index in [-0.39, 0.29) is 5.57 Å². The third-order valence-corrected chi connectivity index (χ3v) is 5.52. The first kappa shape index (κ1) is 22.0. The van der Waals surface area contributed by atoms with E-state index in [1.165, 1.54) is 6.20 Å². The maximum absolute atomic E-state index is 12.6. The lowest BCUT2D eigenvalue weighted by molar-refractivity contribution is -0.112. The van der Waals surface area contributed by atoms with E-state index in [4.69, 9.17) is 4.74 Å². The van der Waals surface area contributed by atoms with Crippen molar-refractivity contribution in [2.24, 2.45) is 0 Å². The Balaban J connectivity index is 1.58. The van der Waals surface area contributed by atoms with Gasteiger partial charge in [-0.25, -0.2) is 0 Å². The van der Waals surface area contributed by atoms with Gasteiger partial charge >= 0.3 is 0 Å². The molecule has 0 fully saturated rings. The van der Waals surface area contributed by atoms with Crippen LogP contribution in [0, 0.1) is 11.3 Å². The number of hydrogen-bond acceptors (Lipinski definition) is 5. The predicted octanol–water partition coefficient (Wildman–Crippen LogP) is 5.02. The van der Waals surface area contributed by atoms with Crippen molar-refractivity contribution in [3.8, 4) is 11.8 Å². The molecule has 3 rings (SSSR count). The molecule has 0 saturated carbocycles. The number of nitrogens with one attached hydrogen (secondary N) is 2. The standard InChI is InChI=1S/C25H23N3O2S/c1-30-21-13-11-19(12-14-21)15-16-27-18-20(17-26)25(29)28-23-9-5-6-10-24(23)31-22-7-3-2-4-8-22/h2-14,18,27H,15-16H2,1H3,(H,28,29)/b20-18-. The van der Waals surface area contributed by atoms with Crippen LogP contribution in [0.5, 0.6) is 5.75 Å². The number of nitriles is 1. The van der Waals surface area contributed by atoms with E-state index in [1.54, 1.807) is 18.9 Å². The first-order valence-corrected chi connectivity index (χ1v) is 10.6. The molecule has 5 nitrogen and oxygen atoms in total. The van der Waals surface area contributed by atoms with Gasteiger partial charge in [-0.15, -0.1) is 0 Å². The maximum Gasteiger partial charge on any atom is 0.267 e. The van der Waals surface area contributed by atoms with Crippen molar-refractivity contribution in [1.82, 2.24) is 5.32 Å². The fourth-order valence-corrected chi connectivity index (χ4v) is 3.72. The molecule has 1 amide bonds. The summed E-state index contributed by atoms with van der Waals surface area (Å²) in [6.45, 7) is 0.602. The van der Waals surface area contributed by atoms with Crippen LogP contribution in [0.15, 0.2) is 100 Å². The van der Waals surface area contributed by atoms with Crippen LogP contribution in [0.1, 0.15) is 5.56 Å². The number of carbonyl (C=O) groups is 1. The molecule has 0 heterocycles. The van der Waals surface area contributed by atoms with Gasteiger partial charge in [0.15, 0.2) is 0 Å². The fourth-order valence-electron chi connectivity index (χ4n) is 2.80. The van der Waals surface area contributed by atoms with Gasteiger partial charge in [-0.1, -0.05) is 54.2 Å². The second kappa shape index (κ2) is 11.5. The minimum absolute atomic E-state index is 0.0224. The lowest BCUT2D eigenvalue weighted by Crippen LogP contribution is -2.18. The molecule has 0 unspecified atom stereocenters. The minimum atomic E-state index is -0.444. The number of anilines is 1. The molecule has 0 aliphatic carbocycles. The number of benzene rings is 3. The number of amides is 1. The molecule has 3 aromatic carbocycles. The largest absolute Gasteiger partial charge is 0.497 e. The van der Waals surface area contributed by atoms with Crippen molar-refractivity contribution in [3.05, 3.63) is 96.2 Å². The number of para-hydroxylation sites is 1. The van der Waals surface area contributed by atoms with Crippen molar-refractivity contribution in [3.63, 3.8) is 0 Å². The smallest absolute Gasteiger partial charge is 0.267 e. The quantitative estimate of drug-likeness (QED) is 0.284. The van der Waals surface area contributed by atoms with E-state index in [0.717, 1.165) is 27.5 Å². The van der Waals surface area contributed by atoms with Gasteiger partial charge in [-0.05, 0) is 48.4 Å². The lowest BCUT2D eigenvalue weighted by Gasteiger charge is -2.10. The Labute approximate surface area is 186 Å². The molecule has 0 aromatic heterocycles. The van der Waals surface area contributed by atoms with Crippen LogP contribution in [0.4, 0.5) is 5.69 Å². The van der Waals surface area contributed by atoms with Gasteiger partial charge in [-0.2, -0.15) is 5.26 Å². The van der Waals surface area contributed by atoms with Crippen LogP contribution in [0.2, 0.25) is 0 Å². The molecule has 3 aromatic rings. The Hall–Kier alpha value is -3.69. The number of ether oxygens (including phenoxy) is 1. The Kier molecular flexibility index (Phi) is 8.15. The predicted molar refractivity (Wildman–Crippen MR) is 124 cm³/mol. The van der Waals surface area contributed by atoms with Gasteiger partial charge < -0.3 is 15.4 Å². The van der Waals surface area contributed by atoms with Crippen LogP contribution in [-0.2, 0) is 11.2 Å². The van der Waals surface area contributed by atoms with Gasteiger partial charge in [0.2, 0.25) is 0 Å². The van der Waals surface area contributed by atoms with Crippen LogP contribution in [-0.4, -0.2) is 19.6 Å². The Bertz CT molecular complexity index is 1070. The van der Waals surface area contributed by atoms with Crippen molar-refractivity contribution >= 4 is 23.4 Å². The second-order valence-electron chi connectivity index (χ2n) is 6.59. The molecule has 31 heavy (non-hydrogen) atoms. The number of carbonyl (C=O) groups excluding carboxylic acids is 1. The zero-order chi connectivity index (χ0) is 21.9. The molecule has 0 aliphatic heterocycles. The zero-order valence-corrected chi connectivity index (χ0v) is 18.0. The number of methoxy groups -OCH3 is 1. The second-order valence-corrected chi connectivity index (χ2v) is 7.70. The molecule has 6 heteroatoms. The molecule has 0 saturated heterocycles. The summed E-state index contributed by atoms with van der Waals surface area (Å²) in [4.78, 5) is 14.6. The average Bonchev–Trinajstić information content (AvgIpc) is 2.81. The topological polar surface area (TPSA) is 74.1 Å². The Morgan fingerprint density at radius 3 is 2.45 bits per heavy atom. The molecule has 0 radical (unpaired) electrons. The summed E-state index contributed by atoms with van der Waals surface area (Å²) in [5.41, 5.74) is 1.83. The summed E-state index contributed by atoms with van der Waals surface area (Å²) in [6, 6.07) is 27.2. The highest BCUT2D eigenvalue weighted by Gasteiger charge is 2.12. The molecule has 0 spiro atoms. The monoisotopic (exact) mass is 429 g/mol. The molecule has 2 N–H and O–H groups in total. The van der Waals surface area contributed by atoms with Gasteiger partial charge in [0.25, 0.3) is 5.91 Å². The van der Waals surface area contributed by atoms with Crippen LogP contribution in [0.3, 0.4) is 0 Å². The van der Waals surface area contributed by atoms with Crippen LogP contribution in [0.25, 0.3) is 0 Å². The number of nitrogens with zero attached hydrogens (tertiary/aromatic N) is 1. The van der Waals surface area contributed by atoms with Gasteiger partial charge in [0.05, 0.1) is 12.8 Å². The highest BCUT2D eigenvalue weighted by Crippen LogP contribution is 2.33. The molecule has 156 valence electrons. The van der Waals surface area contributed by atoms with E-state index >= 15 is 0 Å². The van der Waals surface area contributed by atoms with E-state index in [0.29, 0.717) is 12.2 Å². The van der Waals surface area contributed by atoms with Crippen LogP contribution < -0.4 is 15.4 Å². The zero-order valence-electron chi connectivity index (χ0n) is 17.2. The van der Waals surface area contributed by atoms with Gasteiger partial charge in [-0.3, -0.25) is 4.79 Å². The number of rotatable bonds is 9. The average molecular weight is 430 g/mol. The molecular formula is C25H23N3O2S. The third kappa shape index (κ3) is 6.66. The summed E-state index contributed by atoms with van der Waals surface area (Å²) in [5.74, 6) is 0.367. The van der Waals surface area contributed by atoms with Crippen molar-refractivity contribution < 1.29 is 9.53 Å². The van der Waals surface area contributed by atoms with E-state index in [1.807, 2.05) is 84.9 Å². The SMILES string of the molecule is COc1ccc(CCN/C=C(/C#N)C(=O)Nc2ccccc2Sc2ccccc2)cc1. The van der Waals surface area contributed by atoms with Gasteiger partial charge in [0, 0.05) is 22.5 Å². The first-order valence-electron chi connectivity index (χ1n) is 9.79. The van der Waals surface area contributed by atoms with Crippen molar-refractivity contribution in [2.75, 3.05) is 19.0 Å². The van der Waals surface area contributed by atoms with Crippen molar-refractivity contribution in [1.29, 1.82) is 5.26 Å². The Morgan fingerprint density at radius 1 is 1.03 bits per heavy atom. The third-order valence-electron chi connectivity index (χ3n) is 4.43. The summed E-state index contributed by atoms with van der Waals surface area (Å²) >= 11 is 1.56. The summed E-state index contributed by atoms with van der Waals surface area (Å²) in [6.07, 6.45) is 2.23. The summed E-state index contributed by atoms with van der Waals surface area (Å²) in [5, 5.41) is 15.3. The normalized spacial score (nSPS) is 10.8. The van der Waals surface area contributed by atoms with Crippen molar-refractivity contribution in [2.45, 2.75) is 16.2 Å². The molecule has 0 bridgehead atoms. The highest BCUT2D eigenvalue weighted by atomic mass is 32.2. The molecule has 0 aliphatic rings. The minimum Gasteiger partial charge on any atom is -0.497 e. The highest BCUT2D eigenvalue weighted by molar-refractivity contribution is 7.99. The van der Waals surface area contributed by atoms with Gasteiger partial charge in [0.1, 0.15) is 17.4 Å². The van der Waals surface area contributed by atoms with E-state index in [9.17, 15) is 10.1 Å². The van der Waals surface area contributed by atoms with E-state index in [2.05, 4.69) is 10.6 Å². The Morgan fingerprint density at radius 2 is 1.74 bits per heavy atom. The number of hydrogen-bond donors (Lipinski definition) is 2. The summed E-state index contributed by atoms with van der Waals surface area (Å²) < 4.78 is 5.15. The van der Waals surface area contributed by atoms with E-state index < -0.39 is 5.91 Å². The molecular weight excluding hydrogens is 406 g/mol. The van der Waals surface area contributed by atoms with Crippen LogP contribution >= 0.6 is 11.8 Å². The molecule has 0 atom stereocenters. The lowest BCUT2D eigenvalue weighted by atomic mass is 10.1. The fraction of sp³-hybridized carbons (Fsp3) is 0.120. The first-order chi connectivity index (χ1) is 15.2. The summed E-state index contributed by atoms with van der Waals surface area (Å²) in [7, 11) is 1.63. The maximum atomic E-state index is 12.6.